The van der Waals surface area contributed by atoms with Crippen LogP contribution in [0.15, 0.2) is 22.8 Å². The molecule has 1 fully saturated rings. The highest BCUT2D eigenvalue weighted by molar-refractivity contribution is 5.92. The molecule has 0 aromatic carbocycles. The van der Waals surface area contributed by atoms with Crippen molar-refractivity contribution in [1.29, 1.82) is 0 Å². The van der Waals surface area contributed by atoms with Crippen molar-refractivity contribution in [2.24, 2.45) is 0 Å². The first-order valence-electron chi connectivity index (χ1n) is 9.28. The van der Waals surface area contributed by atoms with E-state index in [2.05, 4.69) is 0 Å². The van der Waals surface area contributed by atoms with E-state index in [1.807, 2.05) is 19.9 Å². The number of esters is 1. The maximum atomic E-state index is 12.0. The lowest BCUT2D eigenvalue weighted by Crippen LogP contribution is -2.54. The summed E-state index contributed by atoms with van der Waals surface area (Å²) in [7, 11) is 0. The molecule has 0 aromatic heterocycles. The van der Waals surface area contributed by atoms with Crippen molar-refractivity contribution in [3.63, 3.8) is 0 Å². The molecule has 0 spiro atoms. The summed E-state index contributed by atoms with van der Waals surface area (Å²) in [5.74, 6) is -0.267. The summed E-state index contributed by atoms with van der Waals surface area (Å²) < 4.78 is 11.7. The summed E-state index contributed by atoms with van der Waals surface area (Å²) in [5.41, 5.74) is 0.866. The fourth-order valence-corrected chi connectivity index (χ4v) is 4.17. The maximum Gasteiger partial charge on any atom is 0.334 e. The Balaban J connectivity index is 1.92. The summed E-state index contributed by atoms with van der Waals surface area (Å²) in [6.45, 7) is 7.43. The lowest BCUT2D eigenvalue weighted by atomic mass is 9.79. The van der Waals surface area contributed by atoms with E-state index in [1.54, 1.807) is 13.8 Å². The van der Waals surface area contributed by atoms with Gasteiger partial charge in [0, 0.05) is 5.57 Å². The average molecular weight is 350 g/mol. The number of hydrogen-bond acceptors (Lipinski definition) is 5. The second-order valence-corrected chi connectivity index (χ2v) is 8.39. The van der Waals surface area contributed by atoms with Crippen molar-refractivity contribution >= 4 is 5.97 Å². The fraction of sp³-hybridized carbons (Fsp3) is 0.750. The van der Waals surface area contributed by atoms with Crippen molar-refractivity contribution in [2.75, 3.05) is 0 Å². The minimum atomic E-state index is -1.00. The fourth-order valence-electron chi connectivity index (χ4n) is 4.17. The third kappa shape index (κ3) is 3.69. The Hall–Kier alpha value is -1.17. The van der Waals surface area contributed by atoms with Crippen LogP contribution in [0.4, 0.5) is 0 Å². The van der Waals surface area contributed by atoms with Gasteiger partial charge in [-0.15, -0.1) is 0 Å². The molecule has 3 heterocycles. The van der Waals surface area contributed by atoms with E-state index >= 15 is 0 Å². The van der Waals surface area contributed by atoms with E-state index in [9.17, 15) is 15.0 Å². The van der Waals surface area contributed by atoms with E-state index in [4.69, 9.17) is 9.47 Å². The summed E-state index contributed by atoms with van der Waals surface area (Å²) in [5, 5.41) is 21.7. The molecule has 5 nitrogen and oxygen atoms in total. The van der Waals surface area contributed by atoms with Gasteiger partial charge in [0.05, 0.1) is 23.4 Å². The van der Waals surface area contributed by atoms with E-state index in [1.165, 1.54) is 0 Å². The average Bonchev–Trinajstić information content (AvgIpc) is 2.77. The Morgan fingerprint density at radius 1 is 1.04 bits per heavy atom. The predicted molar refractivity (Wildman–Crippen MR) is 93.9 cm³/mol. The molecule has 140 valence electrons. The molecular weight excluding hydrogens is 320 g/mol. The Morgan fingerprint density at radius 3 is 2.40 bits per heavy atom. The molecule has 25 heavy (non-hydrogen) atoms. The Bertz CT molecular complexity index is 614. The highest BCUT2D eigenvalue weighted by Crippen LogP contribution is 2.39. The second kappa shape index (κ2) is 6.53. The first-order chi connectivity index (χ1) is 11.6. The number of carbonyl (C=O) groups is 1. The molecule has 2 bridgehead atoms. The van der Waals surface area contributed by atoms with E-state index < -0.39 is 11.2 Å². The van der Waals surface area contributed by atoms with Crippen LogP contribution in [0, 0.1) is 0 Å². The Kier molecular flexibility index (Phi) is 4.86. The van der Waals surface area contributed by atoms with E-state index in [-0.39, 0.29) is 24.3 Å². The lowest BCUT2D eigenvalue weighted by molar-refractivity contribution is -0.216. The highest BCUT2D eigenvalue weighted by Gasteiger charge is 2.45. The highest BCUT2D eigenvalue weighted by atomic mass is 16.5. The van der Waals surface area contributed by atoms with E-state index in [0.717, 1.165) is 17.6 Å². The van der Waals surface area contributed by atoms with Crippen molar-refractivity contribution in [2.45, 2.75) is 95.7 Å². The van der Waals surface area contributed by atoms with Gasteiger partial charge in [0.2, 0.25) is 0 Å². The third-order valence-electron chi connectivity index (χ3n) is 6.13. The number of allylic oxidation sites excluding steroid dienone is 1. The molecule has 0 saturated carbocycles. The van der Waals surface area contributed by atoms with Crippen molar-refractivity contribution < 1.29 is 24.5 Å². The molecule has 0 radical (unpaired) electrons. The van der Waals surface area contributed by atoms with E-state index in [0.29, 0.717) is 37.7 Å². The van der Waals surface area contributed by atoms with Crippen molar-refractivity contribution in [3.8, 4) is 0 Å². The monoisotopic (exact) mass is 350 g/mol. The normalized spacial score (nSPS) is 45.0. The van der Waals surface area contributed by atoms with Gasteiger partial charge in [-0.1, -0.05) is 5.57 Å². The number of carbonyl (C=O) groups excluding carboxylic acids is 1. The second-order valence-electron chi connectivity index (χ2n) is 8.39. The third-order valence-corrected chi connectivity index (χ3v) is 6.13. The van der Waals surface area contributed by atoms with Gasteiger partial charge < -0.3 is 19.7 Å². The smallest absolute Gasteiger partial charge is 0.334 e. The molecule has 3 rings (SSSR count). The SMILES string of the molecule is CC1=C2CC[C@](C)(O)[C@H]3CC[C@](C)(O)[C@@H](CC/C(C)=C/[C@H]2OC1=O)O3. The zero-order chi connectivity index (χ0) is 18.4. The molecule has 5 heteroatoms. The van der Waals surface area contributed by atoms with Gasteiger partial charge in [0.15, 0.2) is 0 Å². The summed E-state index contributed by atoms with van der Waals surface area (Å²) in [4.78, 5) is 12.0. The number of rotatable bonds is 0. The first-order valence-corrected chi connectivity index (χ1v) is 9.28. The topological polar surface area (TPSA) is 76.0 Å². The summed E-state index contributed by atoms with van der Waals surface area (Å²) in [6, 6.07) is 0. The minimum Gasteiger partial charge on any atom is -0.450 e. The molecule has 1 saturated heterocycles. The maximum absolute atomic E-state index is 12.0. The summed E-state index contributed by atoms with van der Waals surface area (Å²) >= 11 is 0. The van der Waals surface area contributed by atoms with Gasteiger partial charge in [-0.2, -0.15) is 0 Å². The zero-order valence-electron chi connectivity index (χ0n) is 15.7. The van der Waals surface area contributed by atoms with Gasteiger partial charge in [0.25, 0.3) is 0 Å². The quantitative estimate of drug-likeness (QED) is 0.519. The summed E-state index contributed by atoms with van der Waals surface area (Å²) in [6.07, 6.45) is 4.84. The van der Waals surface area contributed by atoms with Gasteiger partial charge in [-0.3, -0.25) is 0 Å². The minimum absolute atomic E-state index is 0.267. The number of hydrogen-bond donors (Lipinski definition) is 2. The zero-order valence-corrected chi connectivity index (χ0v) is 15.7. The van der Waals surface area contributed by atoms with Crippen LogP contribution in [0.25, 0.3) is 0 Å². The number of aliphatic hydroxyl groups is 2. The molecule has 0 amide bonds. The number of ether oxygens (including phenoxy) is 2. The van der Waals surface area contributed by atoms with Gasteiger partial charge in [-0.25, -0.2) is 4.79 Å². The largest absolute Gasteiger partial charge is 0.450 e. The van der Waals surface area contributed by atoms with Gasteiger partial charge in [0.1, 0.15) is 6.10 Å². The van der Waals surface area contributed by atoms with Crippen LogP contribution in [0.1, 0.15) is 66.2 Å². The van der Waals surface area contributed by atoms with Crippen LogP contribution in [-0.2, 0) is 14.3 Å². The van der Waals surface area contributed by atoms with Crippen LogP contribution >= 0.6 is 0 Å². The molecule has 2 N–H and O–H groups in total. The molecule has 0 unspecified atom stereocenters. The van der Waals surface area contributed by atoms with Crippen LogP contribution in [0.3, 0.4) is 0 Å². The number of fused-ring (bicyclic) bond motifs is 3. The molecular formula is C20H30O5. The molecule has 3 aliphatic rings. The van der Waals surface area contributed by atoms with Crippen LogP contribution in [0.5, 0.6) is 0 Å². The van der Waals surface area contributed by atoms with Crippen molar-refractivity contribution in [1.82, 2.24) is 0 Å². The van der Waals surface area contributed by atoms with Gasteiger partial charge >= 0.3 is 5.97 Å². The van der Waals surface area contributed by atoms with Crippen LogP contribution < -0.4 is 0 Å². The molecule has 5 atom stereocenters. The standard InChI is InChI=1S/C20H30O5/c1-12-5-6-16-20(4,23)10-8-17(25-16)19(3,22)9-7-14-13(2)18(21)24-15(14)11-12/h11,15-17,22-23H,5-10H2,1-4H3/b12-11+/t15-,16-,17-,19+,20+/m1/s1. The van der Waals surface area contributed by atoms with Crippen LogP contribution in [-0.4, -0.2) is 45.7 Å². The van der Waals surface area contributed by atoms with Gasteiger partial charge in [-0.05, 0) is 77.9 Å². The first kappa shape index (κ1) is 18.6. The predicted octanol–water partition coefficient (Wildman–Crippen LogP) is 2.80. The van der Waals surface area contributed by atoms with Crippen LogP contribution in [0.2, 0.25) is 0 Å². The molecule has 0 aromatic rings. The molecule has 0 aliphatic carbocycles. The Labute approximate surface area is 149 Å². The van der Waals surface area contributed by atoms with Crippen molar-refractivity contribution in [3.05, 3.63) is 22.8 Å². The Morgan fingerprint density at radius 2 is 1.68 bits per heavy atom. The molecule has 3 aliphatic heterocycles. The lowest BCUT2D eigenvalue weighted by Gasteiger charge is -2.46.